The zero-order valence-electron chi connectivity index (χ0n) is 15.9. The lowest BCUT2D eigenvalue weighted by Crippen LogP contribution is -2.43. The minimum atomic E-state index is 0. The molecular weight excluding hydrogens is 439 g/mol. The van der Waals surface area contributed by atoms with Crippen molar-refractivity contribution in [3.63, 3.8) is 0 Å². The van der Waals surface area contributed by atoms with Crippen LogP contribution in [-0.2, 0) is 13.2 Å². The van der Waals surface area contributed by atoms with Gasteiger partial charge in [-0.05, 0) is 42.7 Å². The molecule has 1 atom stereocenters. The number of hydrogen-bond donors (Lipinski definition) is 2. The normalized spacial score (nSPS) is 12.3. The van der Waals surface area contributed by atoms with Crippen LogP contribution in [0.2, 0.25) is 0 Å². The fourth-order valence-electron chi connectivity index (χ4n) is 2.11. The summed E-state index contributed by atoms with van der Waals surface area (Å²) in [6.07, 6.45) is 1.77. The van der Waals surface area contributed by atoms with E-state index >= 15 is 0 Å². The van der Waals surface area contributed by atoms with Crippen molar-refractivity contribution < 1.29 is 4.74 Å². The van der Waals surface area contributed by atoms with Crippen LogP contribution >= 0.6 is 24.0 Å². The maximum atomic E-state index is 5.75. The number of guanidine groups is 1. The van der Waals surface area contributed by atoms with Gasteiger partial charge in [0.15, 0.2) is 5.96 Å². The van der Waals surface area contributed by atoms with E-state index in [0.717, 1.165) is 17.4 Å². The van der Waals surface area contributed by atoms with Crippen LogP contribution in [0.1, 0.15) is 32.0 Å². The summed E-state index contributed by atoms with van der Waals surface area (Å²) in [7, 11) is 1.79. The molecule has 0 aliphatic carbocycles. The van der Waals surface area contributed by atoms with Gasteiger partial charge in [0.05, 0.1) is 5.69 Å². The third kappa shape index (κ3) is 7.59. The van der Waals surface area contributed by atoms with E-state index in [-0.39, 0.29) is 24.0 Å². The van der Waals surface area contributed by atoms with E-state index in [1.54, 1.807) is 13.2 Å². The molecule has 0 fully saturated rings. The summed E-state index contributed by atoms with van der Waals surface area (Å²) < 4.78 is 5.75. The summed E-state index contributed by atoms with van der Waals surface area (Å²) in [5.74, 6) is 2.20. The van der Waals surface area contributed by atoms with Gasteiger partial charge >= 0.3 is 0 Å². The van der Waals surface area contributed by atoms with Crippen molar-refractivity contribution in [3.05, 3.63) is 59.9 Å². The Balaban J connectivity index is 0.00000338. The van der Waals surface area contributed by atoms with Gasteiger partial charge in [-0.15, -0.1) is 24.0 Å². The molecule has 0 bridgehead atoms. The van der Waals surface area contributed by atoms with Crippen LogP contribution in [0.4, 0.5) is 0 Å². The van der Waals surface area contributed by atoms with E-state index in [1.807, 2.05) is 30.3 Å². The first-order valence-electron chi connectivity index (χ1n) is 8.67. The Labute approximate surface area is 173 Å². The van der Waals surface area contributed by atoms with Gasteiger partial charge < -0.3 is 15.4 Å². The van der Waals surface area contributed by atoms with Gasteiger partial charge in [0.25, 0.3) is 0 Å². The quantitative estimate of drug-likeness (QED) is 0.367. The number of nitrogens with zero attached hydrogens (tertiary/aromatic N) is 2. The Kier molecular flexibility index (Phi) is 10.0. The number of benzene rings is 1. The van der Waals surface area contributed by atoms with Crippen molar-refractivity contribution in [3.8, 4) is 5.75 Å². The van der Waals surface area contributed by atoms with Crippen LogP contribution in [-0.4, -0.2) is 24.0 Å². The molecule has 0 amide bonds. The van der Waals surface area contributed by atoms with Crippen molar-refractivity contribution >= 4 is 29.9 Å². The van der Waals surface area contributed by atoms with E-state index in [9.17, 15) is 0 Å². The number of hydrogen-bond acceptors (Lipinski definition) is 3. The minimum absolute atomic E-state index is 0. The molecule has 2 rings (SSSR count). The number of aromatic nitrogens is 1. The Morgan fingerprint density at radius 2 is 1.85 bits per heavy atom. The predicted octanol–water partition coefficient (Wildman–Crippen LogP) is 3.99. The molecule has 0 aliphatic heterocycles. The van der Waals surface area contributed by atoms with Crippen molar-refractivity contribution in [2.75, 3.05) is 7.05 Å². The van der Waals surface area contributed by atoms with E-state index in [4.69, 9.17) is 4.74 Å². The minimum Gasteiger partial charge on any atom is -0.487 e. The zero-order valence-corrected chi connectivity index (χ0v) is 18.2. The van der Waals surface area contributed by atoms with Crippen LogP contribution in [0.3, 0.4) is 0 Å². The van der Waals surface area contributed by atoms with Crippen LogP contribution < -0.4 is 15.4 Å². The van der Waals surface area contributed by atoms with Gasteiger partial charge in [-0.25, -0.2) is 0 Å². The summed E-state index contributed by atoms with van der Waals surface area (Å²) in [6, 6.07) is 14.3. The summed E-state index contributed by atoms with van der Waals surface area (Å²) >= 11 is 0. The highest BCUT2D eigenvalue weighted by molar-refractivity contribution is 14.0. The lowest BCUT2D eigenvalue weighted by Gasteiger charge is -2.20. The highest BCUT2D eigenvalue weighted by Crippen LogP contribution is 2.13. The van der Waals surface area contributed by atoms with E-state index in [2.05, 4.69) is 53.5 Å². The molecule has 1 heterocycles. The largest absolute Gasteiger partial charge is 0.487 e. The molecular formula is C20H29IN4O. The molecule has 0 radical (unpaired) electrons. The second kappa shape index (κ2) is 11.7. The highest BCUT2D eigenvalue weighted by atomic mass is 127. The molecule has 1 unspecified atom stereocenters. The maximum Gasteiger partial charge on any atom is 0.191 e. The van der Waals surface area contributed by atoms with E-state index in [1.165, 1.54) is 5.56 Å². The molecule has 2 aromatic rings. The van der Waals surface area contributed by atoms with E-state index < -0.39 is 0 Å². The first-order valence-corrected chi connectivity index (χ1v) is 8.67. The molecule has 6 heteroatoms. The van der Waals surface area contributed by atoms with Crippen molar-refractivity contribution in [2.45, 2.75) is 40.0 Å². The topological polar surface area (TPSA) is 58.5 Å². The van der Waals surface area contributed by atoms with Crippen molar-refractivity contribution in [2.24, 2.45) is 10.9 Å². The van der Waals surface area contributed by atoms with E-state index in [0.29, 0.717) is 25.1 Å². The number of aliphatic imine (C=N–C) groups is 1. The predicted molar refractivity (Wildman–Crippen MR) is 118 cm³/mol. The molecule has 2 N–H and O–H groups in total. The third-order valence-electron chi connectivity index (χ3n) is 4.08. The summed E-state index contributed by atoms with van der Waals surface area (Å²) in [5, 5.41) is 6.73. The van der Waals surface area contributed by atoms with Crippen molar-refractivity contribution in [1.82, 2.24) is 15.6 Å². The summed E-state index contributed by atoms with van der Waals surface area (Å²) in [6.45, 7) is 7.72. The summed E-state index contributed by atoms with van der Waals surface area (Å²) in [5.41, 5.74) is 2.09. The van der Waals surface area contributed by atoms with Crippen LogP contribution in [0.15, 0.2) is 53.7 Å². The Morgan fingerprint density at radius 3 is 2.42 bits per heavy atom. The molecule has 0 spiro atoms. The first-order chi connectivity index (χ1) is 12.1. The average molecular weight is 468 g/mol. The number of pyridine rings is 1. The smallest absolute Gasteiger partial charge is 0.191 e. The first kappa shape index (κ1) is 22.2. The fraction of sp³-hybridized carbons (Fsp3) is 0.400. The van der Waals surface area contributed by atoms with Crippen molar-refractivity contribution in [1.29, 1.82) is 0 Å². The van der Waals surface area contributed by atoms with Crippen LogP contribution in [0.5, 0.6) is 5.75 Å². The molecule has 0 saturated heterocycles. The van der Waals surface area contributed by atoms with Gasteiger partial charge in [-0.2, -0.15) is 0 Å². The standard InChI is InChI=1S/C20H28N4O.HI/c1-15(2)16(3)24-20(21-4)23-13-17-8-10-19(11-9-17)25-14-18-7-5-6-12-22-18;/h5-12,15-16H,13-14H2,1-4H3,(H2,21,23,24);1H. The second-order valence-electron chi connectivity index (χ2n) is 6.36. The van der Waals surface area contributed by atoms with Crippen LogP contribution in [0, 0.1) is 5.92 Å². The van der Waals surface area contributed by atoms with Gasteiger partial charge in [0, 0.05) is 25.8 Å². The zero-order chi connectivity index (χ0) is 18.1. The second-order valence-corrected chi connectivity index (χ2v) is 6.36. The SMILES string of the molecule is CN=C(NCc1ccc(OCc2ccccn2)cc1)NC(C)C(C)C.I. The lowest BCUT2D eigenvalue weighted by atomic mass is 10.1. The average Bonchev–Trinajstić information content (AvgIpc) is 2.64. The molecule has 142 valence electrons. The monoisotopic (exact) mass is 468 g/mol. The Morgan fingerprint density at radius 1 is 1.12 bits per heavy atom. The van der Waals surface area contributed by atoms with Gasteiger partial charge in [0.2, 0.25) is 0 Å². The fourth-order valence-corrected chi connectivity index (χ4v) is 2.11. The number of ether oxygens (including phenoxy) is 1. The molecule has 26 heavy (non-hydrogen) atoms. The molecule has 1 aromatic heterocycles. The molecule has 0 aliphatic rings. The maximum absolute atomic E-state index is 5.75. The Bertz CT molecular complexity index is 659. The molecule has 0 saturated carbocycles. The summed E-state index contributed by atoms with van der Waals surface area (Å²) in [4.78, 5) is 8.52. The number of nitrogens with one attached hydrogen (secondary N) is 2. The highest BCUT2D eigenvalue weighted by Gasteiger charge is 2.08. The molecule has 1 aromatic carbocycles. The number of halogens is 1. The van der Waals surface area contributed by atoms with Gasteiger partial charge in [-0.3, -0.25) is 9.98 Å². The lowest BCUT2D eigenvalue weighted by molar-refractivity contribution is 0.301. The van der Waals surface area contributed by atoms with Gasteiger partial charge in [0.1, 0.15) is 12.4 Å². The third-order valence-corrected chi connectivity index (χ3v) is 4.08. The van der Waals surface area contributed by atoms with Gasteiger partial charge in [-0.1, -0.05) is 32.0 Å². The Hall–Kier alpha value is -1.83. The molecule has 5 nitrogen and oxygen atoms in total. The number of rotatable bonds is 7. The van der Waals surface area contributed by atoms with Crippen LogP contribution in [0.25, 0.3) is 0 Å².